The summed E-state index contributed by atoms with van der Waals surface area (Å²) in [6.07, 6.45) is 0.734. The molecular formula is C25H27ClN2O3S. The van der Waals surface area contributed by atoms with Crippen molar-refractivity contribution in [3.8, 4) is 0 Å². The highest BCUT2D eigenvalue weighted by Gasteiger charge is 2.28. The first-order chi connectivity index (χ1) is 15.3. The Labute approximate surface area is 195 Å². The van der Waals surface area contributed by atoms with E-state index in [4.69, 9.17) is 11.6 Å². The van der Waals surface area contributed by atoms with Gasteiger partial charge in [0.15, 0.2) is 0 Å². The summed E-state index contributed by atoms with van der Waals surface area (Å²) in [6, 6.07) is 24.0. The summed E-state index contributed by atoms with van der Waals surface area (Å²) < 4.78 is 27.9. The van der Waals surface area contributed by atoms with Gasteiger partial charge in [-0.2, -0.15) is 0 Å². The van der Waals surface area contributed by atoms with Crippen LogP contribution in [0.2, 0.25) is 5.02 Å². The number of carbonyl (C=O) groups excluding carboxylic acids is 1. The predicted molar refractivity (Wildman–Crippen MR) is 129 cm³/mol. The molecular weight excluding hydrogens is 444 g/mol. The smallest absolute Gasteiger partial charge is 0.264 e. The SMILES string of the molecule is CC(C)C[C@@H](NC(=O)CN(c1cccc(Cl)c1)S(=O)(=O)c1ccccc1)c1ccccc1. The monoisotopic (exact) mass is 470 g/mol. The van der Waals surface area contributed by atoms with Gasteiger partial charge in [-0.3, -0.25) is 9.10 Å². The average Bonchev–Trinajstić information content (AvgIpc) is 2.78. The lowest BCUT2D eigenvalue weighted by Crippen LogP contribution is -2.42. The van der Waals surface area contributed by atoms with E-state index in [2.05, 4.69) is 19.2 Å². The third-order valence-electron chi connectivity index (χ3n) is 4.96. The fourth-order valence-electron chi connectivity index (χ4n) is 3.47. The van der Waals surface area contributed by atoms with Crippen molar-refractivity contribution < 1.29 is 13.2 Å². The van der Waals surface area contributed by atoms with Crippen molar-refractivity contribution in [2.75, 3.05) is 10.8 Å². The predicted octanol–water partition coefficient (Wildman–Crippen LogP) is 5.44. The summed E-state index contributed by atoms with van der Waals surface area (Å²) >= 11 is 6.12. The molecule has 3 aromatic carbocycles. The normalized spacial score (nSPS) is 12.4. The molecule has 0 bridgehead atoms. The number of hydrogen-bond donors (Lipinski definition) is 1. The largest absolute Gasteiger partial charge is 0.348 e. The lowest BCUT2D eigenvalue weighted by atomic mass is 9.97. The van der Waals surface area contributed by atoms with Crippen LogP contribution in [0, 0.1) is 5.92 Å². The van der Waals surface area contributed by atoms with E-state index in [1.807, 2.05) is 30.3 Å². The minimum absolute atomic E-state index is 0.106. The Balaban J connectivity index is 1.91. The van der Waals surface area contributed by atoms with Crippen molar-refractivity contribution in [3.05, 3.63) is 95.5 Å². The fourth-order valence-corrected chi connectivity index (χ4v) is 5.09. The number of nitrogens with one attached hydrogen (secondary N) is 1. The second-order valence-corrected chi connectivity index (χ2v) is 10.3. The molecule has 3 rings (SSSR count). The summed E-state index contributed by atoms with van der Waals surface area (Å²) in [7, 11) is -3.98. The number of anilines is 1. The van der Waals surface area contributed by atoms with Crippen LogP contribution in [-0.2, 0) is 14.8 Å². The van der Waals surface area contributed by atoms with Crippen molar-refractivity contribution in [2.45, 2.75) is 31.2 Å². The standard InChI is InChI=1S/C25H27ClN2O3S/c1-19(2)16-24(20-10-5-3-6-11-20)27-25(29)18-28(22-13-9-12-21(26)17-22)32(30,31)23-14-7-4-8-15-23/h3-15,17,19,24H,16,18H2,1-2H3,(H,27,29)/t24-/m1/s1. The van der Waals surface area contributed by atoms with E-state index in [1.54, 1.807) is 36.4 Å². The van der Waals surface area contributed by atoms with Crippen LogP contribution in [0.1, 0.15) is 31.9 Å². The summed E-state index contributed by atoms with van der Waals surface area (Å²) in [4.78, 5) is 13.2. The van der Waals surface area contributed by atoms with Crippen molar-refractivity contribution >= 4 is 33.2 Å². The molecule has 0 saturated carbocycles. The lowest BCUT2D eigenvalue weighted by Gasteiger charge is -2.26. The molecule has 1 amide bonds. The minimum Gasteiger partial charge on any atom is -0.348 e. The number of halogens is 1. The number of benzene rings is 3. The molecule has 0 aliphatic carbocycles. The van der Waals surface area contributed by atoms with E-state index >= 15 is 0 Å². The molecule has 1 atom stereocenters. The molecule has 1 N–H and O–H groups in total. The first kappa shape index (κ1) is 23.8. The van der Waals surface area contributed by atoms with Gasteiger partial charge in [-0.25, -0.2) is 8.42 Å². The Morgan fingerprint density at radius 1 is 0.938 bits per heavy atom. The molecule has 0 spiro atoms. The van der Waals surface area contributed by atoms with E-state index < -0.39 is 10.0 Å². The Bertz CT molecular complexity index is 1140. The second kappa shape index (κ2) is 10.7. The van der Waals surface area contributed by atoms with Crippen molar-refractivity contribution in [2.24, 2.45) is 5.92 Å². The molecule has 0 aromatic heterocycles. The maximum Gasteiger partial charge on any atom is 0.264 e. The molecule has 0 aliphatic rings. The van der Waals surface area contributed by atoms with Gasteiger partial charge >= 0.3 is 0 Å². The summed E-state index contributed by atoms with van der Waals surface area (Å²) in [5, 5.41) is 3.41. The summed E-state index contributed by atoms with van der Waals surface area (Å²) in [5.74, 6) is -0.0448. The van der Waals surface area contributed by atoms with Gasteiger partial charge in [0, 0.05) is 5.02 Å². The molecule has 0 heterocycles. The Hall–Kier alpha value is -2.83. The molecule has 0 unspecified atom stereocenters. The van der Waals surface area contributed by atoms with Gasteiger partial charge in [-0.05, 0) is 48.2 Å². The molecule has 3 aromatic rings. The van der Waals surface area contributed by atoms with Gasteiger partial charge in [0.25, 0.3) is 10.0 Å². The van der Waals surface area contributed by atoms with Gasteiger partial charge in [-0.15, -0.1) is 0 Å². The zero-order valence-corrected chi connectivity index (χ0v) is 19.7. The minimum atomic E-state index is -3.98. The number of hydrogen-bond acceptors (Lipinski definition) is 3. The van der Waals surface area contributed by atoms with Gasteiger partial charge in [0.2, 0.25) is 5.91 Å². The van der Waals surface area contributed by atoms with Crippen LogP contribution in [-0.4, -0.2) is 20.9 Å². The molecule has 5 nitrogen and oxygen atoms in total. The van der Waals surface area contributed by atoms with Crippen molar-refractivity contribution in [1.82, 2.24) is 5.32 Å². The van der Waals surface area contributed by atoms with Gasteiger partial charge < -0.3 is 5.32 Å². The van der Waals surface area contributed by atoms with Gasteiger partial charge in [0.1, 0.15) is 6.54 Å². The molecule has 0 fully saturated rings. The number of amides is 1. The first-order valence-corrected chi connectivity index (χ1v) is 12.3. The average molecular weight is 471 g/mol. The van der Waals surface area contributed by atoms with E-state index in [-0.39, 0.29) is 23.4 Å². The Morgan fingerprint density at radius 2 is 1.56 bits per heavy atom. The number of sulfonamides is 1. The van der Waals surface area contributed by atoms with Crippen LogP contribution in [0.25, 0.3) is 0 Å². The van der Waals surface area contributed by atoms with Crippen LogP contribution < -0.4 is 9.62 Å². The van der Waals surface area contributed by atoms with Crippen LogP contribution >= 0.6 is 11.6 Å². The van der Waals surface area contributed by atoms with Crippen molar-refractivity contribution in [1.29, 1.82) is 0 Å². The summed E-state index contributed by atoms with van der Waals surface area (Å²) in [5.41, 5.74) is 1.31. The van der Waals surface area contributed by atoms with Crippen LogP contribution in [0.15, 0.2) is 89.8 Å². The third-order valence-corrected chi connectivity index (χ3v) is 6.98. The molecule has 7 heteroatoms. The quantitative estimate of drug-likeness (QED) is 0.453. The molecule has 0 radical (unpaired) electrons. The van der Waals surface area contributed by atoms with E-state index in [9.17, 15) is 13.2 Å². The van der Waals surface area contributed by atoms with E-state index in [1.165, 1.54) is 18.2 Å². The zero-order chi connectivity index (χ0) is 23.1. The van der Waals surface area contributed by atoms with Crippen LogP contribution in [0.4, 0.5) is 5.69 Å². The molecule has 0 saturated heterocycles. The third kappa shape index (κ3) is 6.11. The first-order valence-electron chi connectivity index (χ1n) is 10.4. The lowest BCUT2D eigenvalue weighted by molar-refractivity contribution is -0.120. The highest BCUT2D eigenvalue weighted by Crippen LogP contribution is 2.27. The topological polar surface area (TPSA) is 66.5 Å². The van der Waals surface area contributed by atoms with E-state index in [0.717, 1.165) is 16.3 Å². The number of carbonyl (C=O) groups is 1. The molecule has 32 heavy (non-hydrogen) atoms. The number of rotatable bonds is 9. The molecule has 168 valence electrons. The maximum atomic E-state index is 13.4. The highest BCUT2D eigenvalue weighted by molar-refractivity contribution is 7.92. The fraction of sp³-hybridized carbons (Fsp3) is 0.240. The number of nitrogens with zero attached hydrogens (tertiary/aromatic N) is 1. The second-order valence-electron chi connectivity index (χ2n) is 7.96. The van der Waals surface area contributed by atoms with Gasteiger partial charge in [-0.1, -0.05) is 80.0 Å². The summed E-state index contributed by atoms with van der Waals surface area (Å²) in [6.45, 7) is 3.81. The van der Waals surface area contributed by atoms with Crippen molar-refractivity contribution in [3.63, 3.8) is 0 Å². The highest BCUT2D eigenvalue weighted by atomic mass is 35.5. The maximum absolute atomic E-state index is 13.4. The molecule has 0 aliphatic heterocycles. The Morgan fingerprint density at radius 3 is 2.16 bits per heavy atom. The van der Waals surface area contributed by atoms with Crippen LogP contribution in [0.3, 0.4) is 0 Å². The Kier molecular flexibility index (Phi) is 7.94. The van der Waals surface area contributed by atoms with Gasteiger partial charge in [0.05, 0.1) is 16.6 Å². The van der Waals surface area contributed by atoms with Crippen LogP contribution in [0.5, 0.6) is 0 Å². The van der Waals surface area contributed by atoms with E-state index in [0.29, 0.717) is 16.6 Å². The zero-order valence-electron chi connectivity index (χ0n) is 18.1.